The smallest absolute Gasteiger partial charge is 0.273 e. The minimum Gasteiger partial charge on any atom is -0.379 e. The van der Waals surface area contributed by atoms with E-state index in [1.165, 1.54) is 11.9 Å². The molecule has 4 heterocycles. The minimum atomic E-state index is -0.231. The molecule has 27 heavy (non-hydrogen) atoms. The molecule has 1 fully saturated rings. The molecule has 1 saturated heterocycles. The van der Waals surface area contributed by atoms with Gasteiger partial charge in [-0.2, -0.15) is 5.10 Å². The molecule has 0 aromatic carbocycles. The summed E-state index contributed by atoms with van der Waals surface area (Å²) in [5, 5.41) is 4.14. The SMILES string of the molecule is Cc1[nH]c(/C=C2/C(=O)NN=C2c2ccncn2)c(C)c1CN1CCOCC1. The number of hydrazone groups is 1. The van der Waals surface area contributed by atoms with Gasteiger partial charge in [0, 0.05) is 37.2 Å². The quantitative estimate of drug-likeness (QED) is 0.792. The van der Waals surface area contributed by atoms with Gasteiger partial charge in [-0.15, -0.1) is 0 Å². The van der Waals surface area contributed by atoms with Crippen molar-refractivity contribution in [1.29, 1.82) is 0 Å². The van der Waals surface area contributed by atoms with Crippen LogP contribution in [-0.4, -0.2) is 57.8 Å². The Morgan fingerprint density at radius 2 is 2.11 bits per heavy atom. The van der Waals surface area contributed by atoms with Gasteiger partial charge in [0.25, 0.3) is 5.91 Å². The van der Waals surface area contributed by atoms with Gasteiger partial charge in [-0.05, 0) is 37.1 Å². The zero-order valence-electron chi connectivity index (χ0n) is 15.5. The second-order valence-corrected chi connectivity index (χ2v) is 6.71. The van der Waals surface area contributed by atoms with Crippen LogP contribution in [0.3, 0.4) is 0 Å². The van der Waals surface area contributed by atoms with Crippen LogP contribution >= 0.6 is 0 Å². The van der Waals surface area contributed by atoms with Gasteiger partial charge in [-0.1, -0.05) is 0 Å². The minimum absolute atomic E-state index is 0.231. The Labute approximate surface area is 157 Å². The lowest BCUT2D eigenvalue weighted by atomic mass is 10.0. The Morgan fingerprint density at radius 3 is 2.85 bits per heavy atom. The van der Waals surface area contributed by atoms with Gasteiger partial charge in [-0.3, -0.25) is 9.69 Å². The molecule has 0 atom stereocenters. The molecule has 0 radical (unpaired) electrons. The van der Waals surface area contributed by atoms with Gasteiger partial charge in [-0.25, -0.2) is 15.4 Å². The second-order valence-electron chi connectivity index (χ2n) is 6.71. The third kappa shape index (κ3) is 3.54. The highest BCUT2D eigenvalue weighted by atomic mass is 16.5. The van der Waals surface area contributed by atoms with Gasteiger partial charge in [0.1, 0.15) is 12.0 Å². The number of aromatic amines is 1. The molecule has 4 rings (SSSR count). The van der Waals surface area contributed by atoms with Crippen LogP contribution in [0.15, 0.2) is 29.3 Å². The fourth-order valence-corrected chi connectivity index (χ4v) is 3.42. The van der Waals surface area contributed by atoms with Crippen molar-refractivity contribution in [2.24, 2.45) is 5.10 Å². The number of carbonyl (C=O) groups excluding carboxylic acids is 1. The van der Waals surface area contributed by atoms with E-state index in [0.717, 1.165) is 49.8 Å². The van der Waals surface area contributed by atoms with Crippen LogP contribution in [0.2, 0.25) is 0 Å². The van der Waals surface area contributed by atoms with Crippen molar-refractivity contribution in [3.8, 4) is 0 Å². The number of carbonyl (C=O) groups is 1. The first kappa shape index (κ1) is 17.6. The highest BCUT2D eigenvalue weighted by Gasteiger charge is 2.26. The van der Waals surface area contributed by atoms with Crippen LogP contribution in [0.4, 0.5) is 0 Å². The molecule has 140 valence electrons. The number of hydrogen-bond acceptors (Lipinski definition) is 6. The second kappa shape index (κ2) is 7.42. The van der Waals surface area contributed by atoms with E-state index in [2.05, 4.69) is 44.2 Å². The number of amides is 1. The molecule has 0 aliphatic carbocycles. The van der Waals surface area contributed by atoms with Crippen LogP contribution in [-0.2, 0) is 16.1 Å². The molecule has 0 saturated carbocycles. The first-order chi connectivity index (χ1) is 13.1. The number of ether oxygens (including phenoxy) is 1. The lowest BCUT2D eigenvalue weighted by molar-refractivity contribution is -0.116. The Kier molecular flexibility index (Phi) is 4.83. The number of rotatable bonds is 4. The lowest BCUT2D eigenvalue weighted by Crippen LogP contribution is -2.35. The highest BCUT2D eigenvalue weighted by Crippen LogP contribution is 2.24. The summed E-state index contributed by atoms with van der Waals surface area (Å²) < 4.78 is 5.43. The van der Waals surface area contributed by atoms with Crippen LogP contribution < -0.4 is 5.43 Å². The summed E-state index contributed by atoms with van der Waals surface area (Å²) in [4.78, 5) is 26.2. The molecule has 1 amide bonds. The summed E-state index contributed by atoms with van der Waals surface area (Å²) in [6.45, 7) is 8.45. The first-order valence-corrected chi connectivity index (χ1v) is 8.98. The molecule has 0 unspecified atom stereocenters. The molecule has 8 heteroatoms. The standard InChI is InChI=1S/C19H22N6O2/c1-12-15(10-25-5-7-27-8-6-25)13(2)22-17(12)9-14-18(23-24-19(14)26)16-3-4-20-11-21-16/h3-4,9,11,22H,5-8,10H2,1-2H3,(H,24,26)/b14-9+. The number of hydrogen-bond donors (Lipinski definition) is 2. The van der Waals surface area contributed by atoms with Crippen LogP contribution in [0, 0.1) is 13.8 Å². The number of H-pyrrole nitrogens is 1. The number of aromatic nitrogens is 3. The normalized spacial score (nSPS) is 19.4. The highest BCUT2D eigenvalue weighted by molar-refractivity contribution is 6.32. The molecule has 2 aliphatic heterocycles. The largest absolute Gasteiger partial charge is 0.379 e. The zero-order chi connectivity index (χ0) is 18.8. The summed E-state index contributed by atoms with van der Waals surface area (Å²) in [7, 11) is 0. The van der Waals surface area contributed by atoms with Crippen LogP contribution in [0.25, 0.3) is 6.08 Å². The molecule has 2 aliphatic rings. The van der Waals surface area contributed by atoms with Crippen LogP contribution in [0.5, 0.6) is 0 Å². The predicted octanol–water partition coefficient (Wildman–Crippen LogP) is 1.17. The van der Waals surface area contributed by atoms with E-state index in [-0.39, 0.29) is 5.91 Å². The summed E-state index contributed by atoms with van der Waals surface area (Å²) in [5.41, 5.74) is 8.62. The molecular formula is C19H22N6O2. The Balaban J connectivity index is 1.64. The molecule has 0 spiro atoms. The van der Waals surface area contributed by atoms with Crippen LogP contribution in [0.1, 0.15) is 28.2 Å². The molecule has 2 N–H and O–H groups in total. The van der Waals surface area contributed by atoms with E-state index in [1.54, 1.807) is 12.3 Å². The van der Waals surface area contributed by atoms with Crippen molar-refractivity contribution in [3.05, 3.63) is 52.4 Å². The van der Waals surface area contributed by atoms with E-state index >= 15 is 0 Å². The predicted molar refractivity (Wildman–Crippen MR) is 101 cm³/mol. The average molecular weight is 366 g/mol. The van der Waals surface area contributed by atoms with E-state index in [9.17, 15) is 4.79 Å². The van der Waals surface area contributed by atoms with Crippen molar-refractivity contribution < 1.29 is 9.53 Å². The maximum absolute atomic E-state index is 12.3. The monoisotopic (exact) mass is 366 g/mol. The van der Waals surface area contributed by atoms with E-state index in [4.69, 9.17) is 4.74 Å². The van der Waals surface area contributed by atoms with Gasteiger partial charge in [0.05, 0.1) is 24.5 Å². The van der Waals surface area contributed by atoms with E-state index in [0.29, 0.717) is 17.0 Å². The Bertz CT molecular complexity index is 910. The summed E-state index contributed by atoms with van der Waals surface area (Å²) in [6, 6.07) is 1.74. The topological polar surface area (TPSA) is 95.5 Å². The van der Waals surface area contributed by atoms with Crippen molar-refractivity contribution in [2.45, 2.75) is 20.4 Å². The van der Waals surface area contributed by atoms with Crippen molar-refractivity contribution in [2.75, 3.05) is 26.3 Å². The van der Waals surface area contributed by atoms with Gasteiger partial charge < -0.3 is 9.72 Å². The number of morpholine rings is 1. The Hall–Kier alpha value is -2.84. The lowest BCUT2D eigenvalue weighted by Gasteiger charge is -2.26. The summed E-state index contributed by atoms with van der Waals surface area (Å²) >= 11 is 0. The van der Waals surface area contributed by atoms with Gasteiger partial charge in [0.2, 0.25) is 0 Å². The van der Waals surface area contributed by atoms with E-state index < -0.39 is 0 Å². The summed E-state index contributed by atoms with van der Waals surface area (Å²) in [6.07, 6.45) is 4.94. The Morgan fingerprint density at radius 1 is 1.30 bits per heavy atom. The number of nitrogens with zero attached hydrogens (tertiary/aromatic N) is 4. The summed E-state index contributed by atoms with van der Waals surface area (Å²) in [5.74, 6) is -0.231. The van der Waals surface area contributed by atoms with Crippen molar-refractivity contribution >= 4 is 17.7 Å². The van der Waals surface area contributed by atoms with E-state index in [1.807, 2.05) is 6.08 Å². The average Bonchev–Trinajstić information content (AvgIpc) is 3.18. The number of nitrogens with one attached hydrogen (secondary N) is 2. The molecule has 2 aromatic heterocycles. The van der Waals surface area contributed by atoms with Gasteiger partial charge >= 0.3 is 0 Å². The zero-order valence-corrected chi connectivity index (χ0v) is 15.5. The third-order valence-electron chi connectivity index (χ3n) is 5.00. The fourth-order valence-electron chi connectivity index (χ4n) is 3.42. The maximum Gasteiger partial charge on any atom is 0.273 e. The molecule has 2 aromatic rings. The molecule has 8 nitrogen and oxygen atoms in total. The first-order valence-electron chi connectivity index (χ1n) is 8.98. The van der Waals surface area contributed by atoms with Gasteiger partial charge in [0.15, 0.2) is 0 Å². The molecule has 0 bridgehead atoms. The maximum atomic E-state index is 12.3. The van der Waals surface area contributed by atoms with Crippen molar-refractivity contribution in [1.82, 2.24) is 25.3 Å². The number of aryl methyl sites for hydroxylation is 1. The fraction of sp³-hybridized carbons (Fsp3) is 0.368. The third-order valence-corrected chi connectivity index (χ3v) is 5.00. The van der Waals surface area contributed by atoms with Crippen molar-refractivity contribution in [3.63, 3.8) is 0 Å². The molecular weight excluding hydrogens is 344 g/mol.